The Bertz CT molecular complexity index is 3550. The molecule has 7 nitrogen and oxygen atoms in total. The van der Waals surface area contributed by atoms with Gasteiger partial charge in [-0.1, -0.05) is 206 Å². The Kier molecular flexibility index (Phi) is 11.2. The van der Waals surface area contributed by atoms with Crippen molar-refractivity contribution in [3.8, 4) is 119 Å². The molecule has 0 aliphatic rings. The van der Waals surface area contributed by atoms with Gasteiger partial charge in [0.05, 0.1) is 11.6 Å². The monoisotopic (exact) mass is 869 g/mol. The molecule has 9 aromatic carbocycles. The van der Waals surface area contributed by atoms with Gasteiger partial charge in [0, 0.05) is 33.4 Å². The van der Waals surface area contributed by atoms with Crippen LogP contribution in [0.15, 0.2) is 237 Å². The highest BCUT2D eigenvalue weighted by Crippen LogP contribution is 2.41. The molecule has 0 aliphatic heterocycles. The smallest absolute Gasteiger partial charge is 0.164 e. The fraction of sp³-hybridized carbons (Fsp3) is 0. The molecule has 0 unspecified atom stereocenters. The molecule has 11 rings (SSSR count). The second-order valence-corrected chi connectivity index (χ2v) is 16.2. The molecule has 0 amide bonds. The highest BCUT2D eigenvalue weighted by Gasteiger charge is 2.20. The number of nitrogens with zero attached hydrogens (tertiary/aromatic N) is 7. The average molecular weight is 870 g/mol. The van der Waals surface area contributed by atoms with Gasteiger partial charge in [0.15, 0.2) is 34.9 Å². The van der Waals surface area contributed by atoms with Crippen LogP contribution in [0.1, 0.15) is 5.56 Å². The number of nitriles is 1. The van der Waals surface area contributed by atoms with Crippen LogP contribution in [0.3, 0.4) is 0 Å². The summed E-state index contributed by atoms with van der Waals surface area (Å²) >= 11 is 0. The van der Waals surface area contributed by atoms with Gasteiger partial charge in [-0.15, -0.1) is 0 Å². The number of hydrogen-bond donors (Lipinski definition) is 0. The van der Waals surface area contributed by atoms with Crippen LogP contribution >= 0.6 is 0 Å². The van der Waals surface area contributed by atoms with Crippen LogP contribution in [0.2, 0.25) is 0 Å². The molecule has 0 saturated carbocycles. The summed E-state index contributed by atoms with van der Waals surface area (Å²) in [7, 11) is 0. The first-order valence-corrected chi connectivity index (χ1v) is 22.3. The SMILES string of the molecule is N#Cc1ccc(-c2ccc(-c3ccccc3-c3nc(-c4ccccc4)nc(-c4cccc(-c5ccccc5)c4)n3)c(-c3cccc(-c4nc(-c5ccccc5)nc(-c5ccccc5)n4)c3)c2)cc1. The van der Waals surface area contributed by atoms with Gasteiger partial charge in [-0.05, 0) is 74.8 Å². The molecule has 11 aromatic rings. The predicted molar refractivity (Wildman–Crippen MR) is 272 cm³/mol. The van der Waals surface area contributed by atoms with Gasteiger partial charge >= 0.3 is 0 Å². The first-order chi connectivity index (χ1) is 33.6. The molecule has 2 aromatic heterocycles. The van der Waals surface area contributed by atoms with E-state index in [0.29, 0.717) is 40.5 Å². The van der Waals surface area contributed by atoms with E-state index in [9.17, 15) is 5.26 Å². The van der Waals surface area contributed by atoms with Gasteiger partial charge in [0.1, 0.15) is 0 Å². The highest BCUT2D eigenvalue weighted by molar-refractivity contribution is 5.93. The van der Waals surface area contributed by atoms with E-state index in [4.69, 9.17) is 29.9 Å². The lowest BCUT2D eigenvalue weighted by atomic mass is 9.88. The van der Waals surface area contributed by atoms with E-state index in [0.717, 1.165) is 77.9 Å². The van der Waals surface area contributed by atoms with E-state index in [1.165, 1.54) is 0 Å². The van der Waals surface area contributed by atoms with E-state index in [1.54, 1.807) is 0 Å². The first kappa shape index (κ1) is 41.2. The van der Waals surface area contributed by atoms with Gasteiger partial charge in [-0.25, -0.2) is 29.9 Å². The lowest BCUT2D eigenvalue weighted by Crippen LogP contribution is -2.01. The summed E-state index contributed by atoms with van der Waals surface area (Å²) in [5, 5.41) is 9.60. The van der Waals surface area contributed by atoms with Crippen molar-refractivity contribution in [3.63, 3.8) is 0 Å². The Labute approximate surface area is 394 Å². The van der Waals surface area contributed by atoms with Crippen molar-refractivity contribution in [2.75, 3.05) is 0 Å². The summed E-state index contributed by atoms with van der Waals surface area (Å²) in [6.07, 6.45) is 0. The standard InChI is InChI=1S/C61H39N7/c62-40-41-31-33-43(34-32-41)48-35-36-53(55(39-48)49-26-16-28-51(38-49)59-64-56(44-19-7-2-8-20-44)63-57(65-59)45-21-9-3-10-22-45)52-29-13-14-30-54(52)61-67-58(46-23-11-4-12-24-46)66-60(68-61)50-27-15-25-47(37-50)42-17-5-1-6-18-42/h1-39H. The maximum absolute atomic E-state index is 9.60. The zero-order valence-corrected chi connectivity index (χ0v) is 36.6. The van der Waals surface area contributed by atoms with Crippen molar-refractivity contribution in [2.45, 2.75) is 0 Å². The third-order valence-corrected chi connectivity index (χ3v) is 11.9. The molecule has 7 heteroatoms. The first-order valence-electron chi connectivity index (χ1n) is 22.3. The third-order valence-electron chi connectivity index (χ3n) is 11.9. The molecule has 0 fully saturated rings. The minimum atomic E-state index is 0.553. The van der Waals surface area contributed by atoms with Crippen LogP contribution in [0.25, 0.3) is 113 Å². The van der Waals surface area contributed by atoms with E-state index in [1.807, 2.05) is 146 Å². The molecule has 2 heterocycles. The van der Waals surface area contributed by atoms with Crippen LogP contribution in [-0.2, 0) is 0 Å². The van der Waals surface area contributed by atoms with E-state index in [-0.39, 0.29) is 0 Å². The van der Waals surface area contributed by atoms with Crippen LogP contribution in [0, 0.1) is 11.3 Å². The van der Waals surface area contributed by atoms with E-state index >= 15 is 0 Å². The number of aromatic nitrogens is 6. The molecular weight excluding hydrogens is 831 g/mol. The Balaban J connectivity index is 1.09. The zero-order valence-electron chi connectivity index (χ0n) is 36.6. The number of rotatable bonds is 10. The molecule has 0 N–H and O–H groups in total. The lowest BCUT2D eigenvalue weighted by molar-refractivity contribution is 1.07. The quantitative estimate of drug-likeness (QED) is 0.135. The molecule has 0 aliphatic carbocycles. The minimum Gasteiger partial charge on any atom is -0.208 e. The van der Waals surface area contributed by atoms with Crippen LogP contribution in [-0.4, -0.2) is 29.9 Å². The van der Waals surface area contributed by atoms with Crippen LogP contribution < -0.4 is 0 Å². The van der Waals surface area contributed by atoms with Gasteiger partial charge in [-0.3, -0.25) is 0 Å². The Morgan fingerprint density at radius 2 is 0.559 bits per heavy atom. The molecule has 318 valence electrons. The van der Waals surface area contributed by atoms with Crippen molar-refractivity contribution in [1.29, 1.82) is 5.26 Å². The number of hydrogen-bond acceptors (Lipinski definition) is 7. The summed E-state index contributed by atoms with van der Waals surface area (Å²) in [6, 6.07) is 81.9. The zero-order chi connectivity index (χ0) is 45.7. The second kappa shape index (κ2) is 18.5. The summed E-state index contributed by atoms with van der Waals surface area (Å²) in [6.45, 7) is 0. The maximum Gasteiger partial charge on any atom is 0.164 e. The van der Waals surface area contributed by atoms with Crippen LogP contribution in [0.4, 0.5) is 0 Å². The summed E-state index contributed by atoms with van der Waals surface area (Å²) < 4.78 is 0. The normalized spacial score (nSPS) is 10.9. The summed E-state index contributed by atoms with van der Waals surface area (Å²) in [5.74, 6) is 3.46. The fourth-order valence-corrected chi connectivity index (χ4v) is 8.42. The molecule has 0 atom stereocenters. The largest absolute Gasteiger partial charge is 0.208 e. The van der Waals surface area contributed by atoms with Crippen LogP contribution in [0.5, 0.6) is 0 Å². The van der Waals surface area contributed by atoms with Gasteiger partial charge in [0.2, 0.25) is 0 Å². The Hall–Kier alpha value is -9.51. The second-order valence-electron chi connectivity index (χ2n) is 16.2. The third kappa shape index (κ3) is 8.57. The van der Waals surface area contributed by atoms with Crippen molar-refractivity contribution >= 4 is 0 Å². The van der Waals surface area contributed by atoms with Crippen molar-refractivity contribution in [3.05, 3.63) is 242 Å². The average Bonchev–Trinajstić information content (AvgIpc) is 3.43. The van der Waals surface area contributed by atoms with Gasteiger partial charge in [0.25, 0.3) is 0 Å². The summed E-state index contributed by atoms with van der Waals surface area (Å²) in [4.78, 5) is 30.6. The van der Waals surface area contributed by atoms with Crippen molar-refractivity contribution in [1.82, 2.24) is 29.9 Å². The lowest BCUT2D eigenvalue weighted by Gasteiger charge is -2.17. The molecule has 0 radical (unpaired) electrons. The maximum atomic E-state index is 9.60. The highest BCUT2D eigenvalue weighted by atomic mass is 15.0. The van der Waals surface area contributed by atoms with Crippen molar-refractivity contribution < 1.29 is 0 Å². The molecule has 68 heavy (non-hydrogen) atoms. The van der Waals surface area contributed by atoms with E-state index in [2.05, 4.69) is 97.1 Å². The predicted octanol–water partition coefficient (Wildman–Crippen LogP) is 14.6. The topological polar surface area (TPSA) is 101 Å². The van der Waals surface area contributed by atoms with Crippen molar-refractivity contribution in [2.24, 2.45) is 0 Å². The Morgan fingerprint density at radius 3 is 1.07 bits per heavy atom. The number of benzene rings is 9. The molecule has 0 bridgehead atoms. The van der Waals surface area contributed by atoms with E-state index < -0.39 is 0 Å². The fourth-order valence-electron chi connectivity index (χ4n) is 8.42. The Morgan fingerprint density at radius 1 is 0.221 bits per heavy atom. The molecular formula is C61H39N7. The molecule has 0 spiro atoms. The molecule has 0 saturated heterocycles. The van der Waals surface area contributed by atoms with Gasteiger partial charge < -0.3 is 0 Å². The minimum absolute atomic E-state index is 0.553. The summed E-state index contributed by atoms with van der Waals surface area (Å²) in [5.41, 5.74) is 13.9. The van der Waals surface area contributed by atoms with Gasteiger partial charge in [-0.2, -0.15) is 5.26 Å².